The number of primary amides is 1. The Bertz CT molecular complexity index is 534. The van der Waals surface area contributed by atoms with Crippen LogP contribution in [0.3, 0.4) is 0 Å². The average Bonchev–Trinajstić information content (AvgIpc) is 2.73. The summed E-state index contributed by atoms with van der Waals surface area (Å²) in [4.78, 5) is 14.8. The molecule has 0 aliphatic rings. The molecule has 0 aliphatic carbocycles. The first-order chi connectivity index (χ1) is 8.15. The van der Waals surface area contributed by atoms with Crippen LogP contribution >= 0.6 is 0 Å². The number of hydrogen-bond donors (Lipinski definition) is 2. The quantitative estimate of drug-likeness (QED) is 0.839. The summed E-state index contributed by atoms with van der Waals surface area (Å²) in [6.45, 7) is 2.44. The van der Waals surface area contributed by atoms with Gasteiger partial charge in [-0.15, -0.1) is 0 Å². The number of aryl methyl sites for hydroxylation is 1. The molecule has 0 spiro atoms. The van der Waals surface area contributed by atoms with Crippen molar-refractivity contribution in [3.8, 4) is 0 Å². The number of furan rings is 1. The van der Waals surface area contributed by atoms with E-state index in [0.717, 1.165) is 17.2 Å². The second kappa shape index (κ2) is 4.69. The standard InChI is InChI=1S/C12H13N3O2/c1-8-2-3-10(17-8)7-15-9-4-5-14-11(6-9)12(13)16/h2-6H,7H2,1H3,(H2,13,16)(H,14,15). The van der Waals surface area contributed by atoms with Crippen molar-refractivity contribution in [3.05, 3.63) is 47.7 Å². The van der Waals surface area contributed by atoms with E-state index in [-0.39, 0.29) is 5.69 Å². The smallest absolute Gasteiger partial charge is 0.267 e. The van der Waals surface area contributed by atoms with Gasteiger partial charge in [0.15, 0.2) is 0 Å². The highest BCUT2D eigenvalue weighted by Gasteiger charge is 2.03. The molecular weight excluding hydrogens is 218 g/mol. The molecule has 0 saturated carbocycles. The molecule has 0 atom stereocenters. The third-order valence-corrected chi connectivity index (χ3v) is 2.28. The number of carbonyl (C=O) groups excluding carboxylic acids is 1. The molecule has 3 N–H and O–H groups in total. The predicted octanol–water partition coefficient (Wildman–Crippen LogP) is 1.69. The third kappa shape index (κ3) is 2.84. The summed E-state index contributed by atoms with van der Waals surface area (Å²) in [6, 6.07) is 7.18. The van der Waals surface area contributed by atoms with E-state index in [1.54, 1.807) is 12.1 Å². The van der Waals surface area contributed by atoms with Gasteiger partial charge < -0.3 is 15.5 Å². The Balaban J connectivity index is 2.04. The molecule has 88 valence electrons. The van der Waals surface area contributed by atoms with Crippen molar-refractivity contribution >= 4 is 11.6 Å². The lowest BCUT2D eigenvalue weighted by molar-refractivity contribution is 0.0995. The summed E-state index contributed by atoms with van der Waals surface area (Å²) in [6.07, 6.45) is 1.54. The molecular formula is C12H13N3O2. The topological polar surface area (TPSA) is 81.1 Å². The number of aromatic nitrogens is 1. The first-order valence-electron chi connectivity index (χ1n) is 5.20. The van der Waals surface area contributed by atoms with Crippen LogP contribution in [0.1, 0.15) is 22.0 Å². The fourth-order valence-corrected chi connectivity index (χ4v) is 1.44. The highest BCUT2D eigenvalue weighted by molar-refractivity contribution is 5.91. The van der Waals surface area contributed by atoms with Crippen LogP contribution in [0, 0.1) is 6.92 Å². The van der Waals surface area contributed by atoms with Gasteiger partial charge in [-0.1, -0.05) is 0 Å². The van der Waals surface area contributed by atoms with Crippen molar-refractivity contribution in [2.24, 2.45) is 5.73 Å². The normalized spacial score (nSPS) is 10.2. The van der Waals surface area contributed by atoms with Gasteiger partial charge in [-0.25, -0.2) is 0 Å². The number of hydrogen-bond acceptors (Lipinski definition) is 4. The van der Waals surface area contributed by atoms with Gasteiger partial charge in [-0.05, 0) is 31.2 Å². The molecule has 2 rings (SSSR count). The summed E-state index contributed by atoms with van der Waals surface area (Å²) in [5.74, 6) is 1.16. The van der Waals surface area contributed by atoms with E-state index in [4.69, 9.17) is 10.2 Å². The number of amides is 1. The molecule has 0 saturated heterocycles. The van der Waals surface area contributed by atoms with E-state index in [9.17, 15) is 4.79 Å². The maximum atomic E-state index is 10.9. The van der Waals surface area contributed by atoms with Gasteiger partial charge in [0.1, 0.15) is 17.2 Å². The lowest BCUT2D eigenvalue weighted by atomic mass is 10.3. The molecule has 2 heterocycles. The van der Waals surface area contributed by atoms with E-state index < -0.39 is 5.91 Å². The zero-order valence-corrected chi connectivity index (χ0v) is 9.43. The number of pyridine rings is 1. The maximum Gasteiger partial charge on any atom is 0.267 e. The fraction of sp³-hybridized carbons (Fsp3) is 0.167. The van der Waals surface area contributed by atoms with E-state index in [1.165, 1.54) is 6.20 Å². The van der Waals surface area contributed by atoms with Gasteiger partial charge in [-0.3, -0.25) is 9.78 Å². The van der Waals surface area contributed by atoms with Gasteiger partial charge in [0.05, 0.1) is 6.54 Å². The molecule has 1 amide bonds. The number of nitrogens with two attached hydrogens (primary N) is 1. The Morgan fingerprint density at radius 2 is 2.29 bits per heavy atom. The number of carbonyl (C=O) groups is 1. The van der Waals surface area contributed by atoms with Crippen LogP contribution in [0.15, 0.2) is 34.9 Å². The second-order valence-electron chi connectivity index (χ2n) is 3.66. The minimum Gasteiger partial charge on any atom is -0.465 e. The Labute approximate surface area is 98.6 Å². The van der Waals surface area contributed by atoms with Crippen molar-refractivity contribution in [2.75, 3.05) is 5.32 Å². The largest absolute Gasteiger partial charge is 0.465 e. The molecule has 17 heavy (non-hydrogen) atoms. The van der Waals surface area contributed by atoms with Crippen LogP contribution in [0.2, 0.25) is 0 Å². The van der Waals surface area contributed by atoms with Crippen LogP contribution in [-0.2, 0) is 6.54 Å². The summed E-state index contributed by atoms with van der Waals surface area (Å²) in [7, 11) is 0. The molecule has 0 radical (unpaired) electrons. The molecule has 0 aromatic carbocycles. The van der Waals surface area contributed by atoms with Crippen molar-refractivity contribution in [1.82, 2.24) is 4.98 Å². The number of anilines is 1. The van der Waals surface area contributed by atoms with Gasteiger partial charge in [0, 0.05) is 11.9 Å². The predicted molar refractivity (Wildman–Crippen MR) is 63.5 cm³/mol. The highest BCUT2D eigenvalue weighted by atomic mass is 16.3. The van der Waals surface area contributed by atoms with Crippen LogP contribution in [0.25, 0.3) is 0 Å². The minimum absolute atomic E-state index is 0.241. The lowest BCUT2D eigenvalue weighted by Gasteiger charge is -2.04. The van der Waals surface area contributed by atoms with Crippen LogP contribution in [-0.4, -0.2) is 10.9 Å². The van der Waals surface area contributed by atoms with Gasteiger partial charge in [0.25, 0.3) is 5.91 Å². The molecule has 2 aromatic rings. The van der Waals surface area contributed by atoms with Crippen molar-refractivity contribution in [2.45, 2.75) is 13.5 Å². The second-order valence-corrected chi connectivity index (χ2v) is 3.66. The third-order valence-electron chi connectivity index (χ3n) is 2.28. The Morgan fingerprint density at radius 3 is 2.94 bits per heavy atom. The average molecular weight is 231 g/mol. The number of nitrogens with zero attached hydrogens (tertiary/aromatic N) is 1. The summed E-state index contributed by atoms with van der Waals surface area (Å²) in [5, 5.41) is 3.13. The first kappa shape index (κ1) is 11.2. The Morgan fingerprint density at radius 1 is 1.47 bits per heavy atom. The Kier molecular flexibility index (Phi) is 3.09. The minimum atomic E-state index is -0.539. The summed E-state index contributed by atoms with van der Waals surface area (Å²) in [5.41, 5.74) is 6.17. The molecule has 0 fully saturated rings. The van der Waals surface area contributed by atoms with Crippen molar-refractivity contribution in [3.63, 3.8) is 0 Å². The van der Waals surface area contributed by atoms with E-state index >= 15 is 0 Å². The van der Waals surface area contributed by atoms with E-state index in [1.807, 2.05) is 19.1 Å². The van der Waals surface area contributed by atoms with Gasteiger partial charge in [0.2, 0.25) is 0 Å². The highest BCUT2D eigenvalue weighted by Crippen LogP contribution is 2.11. The lowest BCUT2D eigenvalue weighted by Crippen LogP contribution is -2.13. The maximum absolute atomic E-state index is 10.9. The van der Waals surface area contributed by atoms with Crippen LogP contribution < -0.4 is 11.1 Å². The summed E-state index contributed by atoms with van der Waals surface area (Å²) < 4.78 is 5.41. The fourth-order valence-electron chi connectivity index (χ4n) is 1.44. The number of nitrogens with one attached hydrogen (secondary N) is 1. The SMILES string of the molecule is Cc1ccc(CNc2ccnc(C(N)=O)c2)o1. The molecule has 5 nitrogen and oxygen atoms in total. The van der Waals surface area contributed by atoms with Crippen molar-refractivity contribution in [1.29, 1.82) is 0 Å². The van der Waals surface area contributed by atoms with Crippen LogP contribution in [0.4, 0.5) is 5.69 Å². The summed E-state index contributed by atoms with van der Waals surface area (Å²) >= 11 is 0. The zero-order valence-electron chi connectivity index (χ0n) is 9.43. The van der Waals surface area contributed by atoms with E-state index in [0.29, 0.717) is 6.54 Å². The molecule has 2 aromatic heterocycles. The number of rotatable bonds is 4. The molecule has 0 aliphatic heterocycles. The first-order valence-corrected chi connectivity index (χ1v) is 5.20. The molecule has 5 heteroatoms. The van der Waals surface area contributed by atoms with Gasteiger partial charge >= 0.3 is 0 Å². The molecule has 0 bridgehead atoms. The van der Waals surface area contributed by atoms with Crippen LogP contribution in [0.5, 0.6) is 0 Å². The monoisotopic (exact) mass is 231 g/mol. The van der Waals surface area contributed by atoms with Gasteiger partial charge in [-0.2, -0.15) is 0 Å². The van der Waals surface area contributed by atoms with Crippen molar-refractivity contribution < 1.29 is 9.21 Å². The zero-order chi connectivity index (χ0) is 12.3. The molecule has 0 unspecified atom stereocenters. The van der Waals surface area contributed by atoms with E-state index in [2.05, 4.69) is 10.3 Å². The Hall–Kier alpha value is -2.30.